The van der Waals surface area contributed by atoms with Gasteiger partial charge >= 0.3 is 0 Å². The van der Waals surface area contributed by atoms with E-state index in [1.165, 1.54) is 88.7 Å². The van der Waals surface area contributed by atoms with Crippen LogP contribution in [0.25, 0.3) is 242 Å². The summed E-state index contributed by atoms with van der Waals surface area (Å²) in [5, 5.41) is 14.8. The fourth-order valence-corrected chi connectivity index (χ4v) is 17.8. The zero-order valence-corrected chi connectivity index (χ0v) is 66.9. The molecule has 0 N–H and O–H groups in total. The third-order valence-electron chi connectivity index (χ3n) is 24.0. The Bertz CT molecular complexity index is 8550. The maximum absolute atomic E-state index is 5.07. The van der Waals surface area contributed by atoms with Crippen LogP contribution in [-0.4, -0.2) is 49.8 Å². The molecule has 25 rings (SSSR count). The van der Waals surface area contributed by atoms with Crippen LogP contribution in [0.3, 0.4) is 0 Å². The van der Waals surface area contributed by atoms with Crippen LogP contribution in [0.1, 0.15) is 0 Å². The molecule has 0 aliphatic carbocycles. The highest BCUT2D eigenvalue weighted by atomic mass is 14.8. The van der Waals surface area contributed by atoms with Crippen LogP contribution in [0.5, 0.6) is 0 Å². The third-order valence-corrected chi connectivity index (χ3v) is 24.0. The molecule has 10 aromatic heterocycles. The van der Waals surface area contributed by atoms with E-state index in [4.69, 9.17) is 29.9 Å². The first-order valence-electron chi connectivity index (χ1n) is 41.6. The van der Waals surface area contributed by atoms with Gasteiger partial charge < -0.3 is 0 Å². The SMILES string of the molecule is c1cc(-c2ccc(-c3ccc4ncccc4c3)cc2)cc(-c2c3ccccc3nc3c2ccc2cccnc23)c1.c1cnc2c(c1)ccc1c(-c3ccc(-c4ccc(-c5ccc6ncccc6n5)cc4)cc3)c3ccccc3nc12.c1cnc2ccc(-c3ccc(-c4ccc5cc(-c6c7ccccc7nc7c6ccc6cccnc67)ccc5c4)cc3)cc2c1. The molecule has 0 radical (unpaired) electrons. The summed E-state index contributed by atoms with van der Waals surface area (Å²) in [6.07, 6.45) is 11.0. The first kappa shape index (κ1) is 72.4. The van der Waals surface area contributed by atoms with Crippen LogP contribution in [0.4, 0.5) is 0 Å². The molecular formula is C114H70N10. The number of para-hydroxylation sites is 3. The van der Waals surface area contributed by atoms with Crippen molar-refractivity contribution in [2.24, 2.45) is 0 Å². The number of fused-ring (bicyclic) bond motifs is 16. The third kappa shape index (κ3) is 13.4. The molecule has 0 aliphatic rings. The quantitative estimate of drug-likeness (QED) is 0.102. The van der Waals surface area contributed by atoms with E-state index in [-0.39, 0.29) is 0 Å². The van der Waals surface area contributed by atoms with Crippen LogP contribution in [0.2, 0.25) is 0 Å². The van der Waals surface area contributed by atoms with E-state index in [1.807, 2.05) is 97.7 Å². The van der Waals surface area contributed by atoms with Gasteiger partial charge in [0.1, 0.15) is 0 Å². The predicted molar refractivity (Wildman–Crippen MR) is 514 cm³/mol. The lowest BCUT2D eigenvalue weighted by atomic mass is 9.92. The average molecular weight is 1580 g/mol. The summed E-state index contributed by atoms with van der Waals surface area (Å²) in [7, 11) is 0. The summed E-state index contributed by atoms with van der Waals surface area (Å²) in [4.78, 5) is 47.3. The van der Waals surface area contributed by atoms with E-state index in [0.717, 1.165) is 153 Å². The molecule has 0 aliphatic heterocycles. The number of hydrogen-bond donors (Lipinski definition) is 0. The molecule has 0 fully saturated rings. The standard InChI is InChI=1S/C41H25N3.C37H23N3.C36H22N4/c1-2-8-38-35(7-1)39(36-19-17-28-5-3-22-43-40(28)41(36)44-38)34-16-15-31-23-29(13-14-32(31)25-34)26-9-11-27(12-10-26)30-18-20-37-33(24-30)6-4-21-42-37;1-2-11-34-31(10-1)35(32-18-16-26-8-4-21-39-36(26)37(32)40-34)30-7-3-6-27(23-30)24-12-14-25(15-13-24)28-17-19-33-29(22-28)9-5-20-38-33;1-2-7-31-28(6-1)34(29-18-17-27-5-3-22-38-35(27)36(29)40-31)26-15-11-24(12-16-26)23-9-13-25(14-10-23)30-19-20-32-33(39-30)8-4-21-37-32/h1-25H;1-23H;1-22H. The van der Waals surface area contributed by atoms with Crippen LogP contribution in [-0.2, 0) is 0 Å². The highest BCUT2D eigenvalue weighted by Gasteiger charge is 2.20. The first-order chi connectivity index (χ1) is 61.4. The van der Waals surface area contributed by atoms with Gasteiger partial charge in [-0.1, -0.05) is 273 Å². The molecule has 124 heavy (non-hydrogen) atoms. The molecule has 0 unspecified atom stereocenters. The van der Waals surface area contributed by atoms with Crippen molar-refractivity contribution in [3.8, 4) is 100 Å². The predicted octanol–water partition coefficient (Wildman–Crippen LogP) is 29.0. The minimum atomic E-state index is 0.902. The zero-order chi connectivity index (χ0) is 82.0. The second kappa shape index (κ2) is 30.8. The van der Waals surface area contributed by atoms with Crippen molar-refractivity contribution in [1.82, 2.24) is 49.8 Å². The highest BCUT2D eigenvalue weighted by Crippen LogP contribution is 2.44. The van der Waals surface area contributed by atoms with Crippen molar-refractivity contribution in [2.75, 3.05) is 0 Å². The normalized spacial score (nSPS) is 11.5. The summed E-state index contributed by atoms with van der Waals surface area (Å²) in [5.41, 5.74) is 33.4. The molecule has 576 valence electrons. The smallest absolute Gasteiger partial charge is 0.0978 e. The van der Waals surface area contributed by atoms with Crippen LogP contribution in [0.15, 0.2) is 425 Å². The zero-order valence-electron chi connectivity index (χ0n) is 66.9. The van der Waals surface area contributed by atoms with Gasteiger partial charge in [0.15, 0.2) is 0 Å². The Labute approximate surface area is 712 Å². The molecule has 0 bridgehead atoms. The molecule has 10 heterocycles. The number of nitrogens with zero attached hydrogens (tertiary/aromatic N) is 10. The van der Waals surface area contributed by atoms with Crippen molar-refractivity contribution in [3.05, 3.63) is 425 Å². The van der Waals surface area contributed by atoms with Crippen molar-refractivity contribution in [2.45, 2.75) is 0 Å². The van der Waals surface area contributed by atoms with Gasteiger partial charge in [0.2, 0.25) is 0 Å². The molecule has 0 saturated carbocycles. The summed E-state index contributed by atoms with van der Waals surface area (Å²) in [6, 6.07) is 137. The lowest BCUT2D eigenvalue weighted by molar-refractivity contribution is 1.33. The van der Waals surface area contributed by atoms with E-state index in [0.29, 0.717) is 0 Å². The Morgan fingerprint density at radius 2 is 0.427 bits per heavy atom. The number of rotatable bonds is 9. The minimum Gasteiger partial charge on any atom is -0.256 e. The highest BCUT2D eigenvalue weighted by molar-refractivity contribution is 6.19. The second-order valence-electron chi connectivity index (χ2n) is 31.3. The summed E-state index contributed by atoms with van der Waals surface area (Å²) >= 11 is 0. The minimum absolute atomic E-state index is 0.902. The summed E-state index contributed by atoms with van der Waals surface area (Å²) in [5.74, 6) is 0. The lowest BCUT2D eigenvalue weighted by Crippen LogP contribution is -1.92. The molecule has 0 spiro atoms. The Balaban J connectivity index is 0.000000108. The first-order valence-corrected chi connectivity index (χ1v) is 41.6. The van der Waals surface area contributed by atoms with Gasteiger partial charge in [0.25, 0.3) is 0 Å². The van der Waals surface area contributed by atoms with Gasteiger partial charge in [0, 0.05) is 119 Å². The van der Waals surface area contributed by atoms with Gasteiger partial charge in [-0.25, -0.2) is 19.9 Å². The largest absolute Gasteiger partial charge is 0.256 e. The Morgan fingerprint density at radius 1 is 0.129 bits per heavy atom. The van der Waals surface area contributed by atoms with Gasteiger partial charge in [-0.15, -0.1) is 0 Å². The Hall–Kier alpha value is -16.8. The molecule has 0 atom stereocenters. The van der Waals surface area contributed by atoms with E-state index in [2.05, 4.69) is 341 Å². The molecule has 10 nitrogen and oxygen atoms in total. The van der Waals surface area contributed by atoms with Crippen molar-refractivity contribution >= 4 is 142 Å². The Morgan fingerprint density at radius 3 is 0.887 bits per heavy atom. The van der Waals surface area contributed by atoms with E-state index in [9.17, 15) is 0 Å². The van der Waals surface area contributed by atoms with E-state index in [1.54, 1.807) is 6.20 Å². The molecule has 25 aromatic rings. The van der Waals surface area contributed by atoms with Crippen molar-refractivity contribution in [3.63, 3.8) is 0 Å². The van der Waals surface area contributed by atoms with Gasteiger partial charge in [-0.2, -0.15) is 0 Å². The van der Waals surface area contributed by atoms with E-state index < -0.39 is 0 Å². The Kier molecular flexibility index (Phi) is 18.0. The number of aromatic nitrogens is 10. The monoisotopic (exact) mass is 1580 g/mol. The summed E-state index contributed by atoms with van der Waals surface area (Å²) in [6.45, 7) is 0. The van der Waals surface area contributed by atoms with Crippen LogP contribution in [0, 0.1) is 0 Å². The van der Waals surface area contributed by atoms with E-state index >= 15 is 0 Å². The van der Waals surface area contributed by atoms with Gasteiger partial charge in [-0.3, -0.25) is 29.9 Å². The molecule has 15 aromatic carbocycles. The molecule has 0 amide bonds. The molecular weight excluding hydrogens is 1510 g/mol. The maximum Gasteiger partial charge on any atom is 0.0978 e. The van der Waals surface area contributed by atoms with Crippen molar-refractivity contribution < 1.29 is 0 Å². The summed E-state index contributed by atoms with van der Waals surface area (Å²) < 4.78 is 0. The molecule has 0 saturated heterocycles. The number of hydrogen-bond acceptors (Lipinski definition) is 10. The van der Waals surface area contributed by atoms with Crippen LogP contribution < -0.4 is 0 Å². The fourth-order valence-electron chi connectivity index (χ4n) is 17.8. The number of pyridine rings is 10. The van der Waals surface area contributed by atoms with Gasteiger partial charge in [0.05, 0.1) is 77.4 Å². The maximum atomic E-state index is 5.07. The van der Waals surface area contributed by atoms with Crippen LogP contribution >= 0.6 is 0 Å². The van der Waals surface area contributed by atoms with Gasteiger partial charge in [-0.05, 0) is 198 Å². The topological polar surface area (TPSA) is 129 Å². The molecule has 10 heteroatoms. The fraction of sp³-hybridized carbons (Fsp3) is 0. The average Bonchev–Trinajstić information content (AvgIpc) is 0.750. The lowest BCUT2D eigenvalue weighted by Gasteiger charge is -2.14. The van der Waals surface area contributed by atoms with Crippen molar-refractivity contribution in [1.29, 1.82) is 0 Å². The second-order valence-corrected chi connectivity index (χ2v) is 31.3. The number of benzene rings is 15.